The van der Waals surface area contributed by atoms with Gasteiger partial charge in [0.15, 0.2) is 11.6 Å². The minimum absolute atomic E-state index is 0.107. The van der Waals surface area contributed by atoms with E-state index >= 15 is 0 Å². The average molecular weight is 481 g/mol. The maximum atomic E-state index is 13.0. The van der Waals surface area contributed by atoms with E-state index in [0.29, 0.717) is 17.0 Å². The number of hydrogen-bond donors (Lipinski definition) is 2. The van der Waals surface area contributed by atoms with Gasteiger partial charge in [-0.3, -0.25) is 14.7 Å². The number of nitrogens with zero attached hydrogens (tertiary/aromatic N) is 3. The summed E-state index contributed by atoms with van der Waals surface area (Å²) in [5, 5.41) is 10.2. The number of hydrogen-bond acceptors (Lipinski definition) is 5. The lowest BCUT2D eigenvalue weighted by atomic mass is 9.73. The smallest absolute Gasteiger partial charge is 0.380 e. The van der Waals surface area contributed by atoms with Gasteiger partial charge in [0.05, 0.1) is 12.0 Å². The van der Waals surface area contributed by atoms with Gasteiger partial charge in [-0.2, -0.15) is 13.2 Å². The standard InChI is InChI=1S/C23H24ClF3N4O2/c1-13-6-7-14(12-29-13)8-15-4-3-5-17(19(15)24)21(2)11-18(32)31(20(28)30-21)16-9-22(33,10-16)23(25,26)27/h3-7,12,16,33H,8-11H2,1-2H3,(H2,28,30)/t16?,21-,22?/m0/s1. The van der Waals surface area contributed by atoms with Crippen molar-refractivity contribution in [3.05, 3.63) is 63.9 Å². The number of nitrogens with two attached hydrogens (primary N) is 1. The van der Waals surface area contributed by atoms with Crippen molar-refractivity contribution in [3.8, 4) is 0 Å². The number of alkyl halides is 3. The van der Waals surface area contributed by atoms with Gasteiger partial charge in [-0.25, -0.2) is 4.99 Å². The first-order valence-corrected chi connectivity index (χ1v) is 10.9. The highest BCUT2D eigenvalue weighted by atomic mass is 35.5. The maximum Gasteiger partial charge on any atom is 0.417 e. The summed E-state index contributed by atoms with van der Waals surface area (Å²) in [7, 11) is 0. The van der Waals surface area contributed by atoms with Crippen LogP contribution in [0.15, 0.2) is 41.5 Å². The Morgan fingerprint density at radius 2 is 1.97 bits per heavy atom. The van der Waals surface area contributed by atoms with Gasteiger partial charge in [0.2, 0.25) is 5.91 Å². The summed E-state index contributed by atoms with van der Waals surface area (Å²) < 4.78 is 39.0. The second-order valence-corrected chi connectivity index (χ2v) is 9.42. The summed E-state index contributed by atoms with van der Waals surface area (Å²) in [5.41, 5.74) is 5.50. The molecule has 10 heteroatoms. The highest BCUT2D eigenvalue weighted by molar-refractivity contribution is 6.32. The van der Waals surface area contributed by atoms with Crippen molar-refractivity contribution in [2.45, 2.75) is 62.9 Å². The number of aliphatic hydroxyl groups is 1. The van der Waals surface area contributed by atoms with Crippen LogP contribution in [0.2, 0.25) is 5.02 Å². The van der Waals surface area contributed by atoms with E-state index < -0.39 is 42.1 Å². The molecule has 1 aliphatic heterocycles. The van der Waals surface area contributed by atoms with Crippen LogP contribution in [0.5, 0.6) is 0 Å². The first-order chi connectivity index (χ1) is 15.3. The molecule has 2 heterocycles. The number of halogens is 4. The summed E-state index contributed by atoms with van der Waals surface area (Å²) in [6, 6.07) is 8.49. The quantitative estimate of drug-likeness (QED) is 0.695. The van der Waals surface area contributed by atoms with Crippen molar-refractivity contribution < 1.29 is 23.1 Å². The summed E-state index contributed by atoms with van der Waals surface area (Å²) in [4.78, 5) is 22.8. The number of carbonyl (C=O) groups excluding carboxylic acids is 1. The van der Waals surface area contributed by atoms with E-state index in [0.717, 1.165) is 21.7 Å². The number of aryl methyl sites for hydroxylation is 1. The van der Waals surface area contributed by atoms with E-state index in [4.69, 9.17) is 17.3 Å². The third kappa shape index (κ3) is 4.19. The van der Waals surface area contributed by atoms with Crippen LogP contribution in [0.4, 0.5) is 13.2 Å². The Bertz CT molecular complexity index is 1110. The predicted octanol–water partition coefficient (Wildman–Crippen LogP) is 3.85. The molecule has 176 valence electrons. The van der Waals surface area contributed by atoms with E-state index in [1.54, 1.807) is 19.2 Å². The van der Waals surface area contributed by atoms with Crippen molar-refractivity contribution in [1.82, 2.24) is 9.88 Å². The van der Waals surface area contributed by atoms with Gasteiger partial charge in [0.1, 0.15) is 0 Å². The lowest BCUT2D eigenvalue weighted by molar-refractivity contribution is -0.296. The number of carbonyl (C=O) groups is 1. The Hall–Kier alpha value is -2.65. The molecule has 0 saturated heterocycles. The molecule has 4 rings (SSSR count). The summed E-state index contributed by atoms with van der Waals surface area (Å²) in [5.74, 6) is -0.629. The molecule has 1 amide bonds. The van der Waals surface area contributed by atoms with Crippen LogP contribution in [0.3, 0.4) is 0 Å². The number of aliphatic imine (C=N–C) groups is 1. The van der Waals surface area contributed by atoms with Crippen LogP contribution < -0.4 is 5.73 Å². The van der Waals surface area contributed by atoms with Crippen LogP contribution in [0.1, 0.15) is 48.6 Å². The molecular formula is C23H24ClF3N4O2. The molecule has 3 N–H and O–H groups in total. The highest BCUT2D eigenvalue weighted by Crippen LogP contribution is 2.48. The fraction of sp³-hybridized carbons (Fsp3) is 0.435. The van der Waals surface area contributed by atoms with Gasteiger partial charge in [0.25, 0.3) is 0 Å². The molecule has 0 bridgehead atoms. The number of amides is 1. The molecule has 1 fully saturated rings. The molecule has 1 saturated carbocycles. The molecule has 1 atom stereocenters. The summed E-state index contributed by atoms with van der Waals surface area (Å²) in [6.07, 6.45) is -3.81. The molecule has 0 spiro atoms. The monoisotopic (exact) mass is 480 g/mol. The van der Waals surface area contributed by atoms with E-state index in [1.807, 2.05) is 31.2 Å². The van der Waals surface area contributed by atoms with Crippen molar-refractivity contribution in [2.24, 2.45) is 10.7 Å². The minimum atomic E-state index is -4.76. The number of rotatable bonds is 4. The average Bonchev–Trinajstić information content (AvgIpc) is 2.68. The second-order valence-electron chi connectivity index (χ2n) is 9.04. The van der Waals surface area contributed by atoms with E-state index in [2.05, 4.69) is 9.98 Å². The predicted molar refractivity (Wildman–Crippen MR) is 118 cm³/mol. The first kappa shape index (κ1) is 23.5. The Morgan fingerprint density at radius 3 is 2.55 bits per heavy atom. The molecule has 1 aromatic heterocycles. The number of aromatic nitrogens is 1. The third-order valence-electron chi connectivity index (χ3n) is 6.44. The van der Waals surface area contributed by atoms with E-state index in [-0.39, 0.29) is 12.4 Å². The SMILES string of the molecule is Cc1ccc(Cc2cccc([C@]3(C)CC(=O)N(C4CC(O)(C(F)(F)F)C4)C(N)=N3)c2Cl)cn1. The number of benzene rings is 1. The largest absolute Gasteiger partial charge is 0.417 e. The highest BCUT2D eigenvalue weighted by Gasteiger charge is 2.63. The molecule has 6 nitrogen and oxygen atoms in total. The van der Waals surface area contributed by atoms with Gasteiger partial charge >= 0.3 is 6.18 Å². The second kappa shape index (κ2) is 7.99. The van der Waals surface area contributed by atoms with Gasteiger partial charge in [0, 0.05) is 42.2 Å². The topological polar surface area (TPSA) is 91.8 Å². The van der Waals surface area contributed by atoms with Crippen LogP contribution in [0, 0.1) is 6.92 Å². The van der Waals surface area contributed by atoms with Gasteiger partial charge in [-0.05, 0) is 36.6 Å². The molecular weight excluding hydrogens is 457 g/mol. The maximum absolute atomic E-state index is 13.0. The Morgan fingerprint density at radius 1 is 1.27 bits per heavy atom. The zero-order valence-corrected chi connectivity index (χ0v) is 18.9. The fourth-order valence-electron chi connectivity index (χ4n) is 4.49. The normalized spacial score (nSPS) is 27.8. The van der Waals surface area contributed by atoms with Crippen LogP contribution in [0.25, 0.3) is 0 Å². The van der Waals surface area contributed by atoms with Crippen LogP contribution >= 0.6 is 11.6 Å². The van der Waals surface area contributed by atoms with E-state index in [1.165, 1.54) is 0 Å². The first-order valence-electron chi connectivity index (χ1n) is 10.5. The number of guanidine groups is 1. The van der Waals surface area contributed by atoms with Gasteiger partial charge in [-0.1, -0.05) is 35.9 Å². The molecule has 1 aliphatic carbocycles. The van der Waals surface area contributed by atoms with Gasteiger partial charge in [-0.15, -0.1) is 0 Å². The fourth-order valence-corrected chi connectivity index (χ4v) is 4.89. The van der Waals surface area contributed by atoms with Crippen LogP contribution in [-0.4, -0.2) is 44.7 Å². The minimum Gasteiger partial charge on any atom is -0.380 e. The Balaban J connectivity index is 1.59. The number of pyridine rings is 1. The van der Waals surface area contributed by atoms with E-state index in [9.17, 15) is 23.1 Å². The lowest BCUT2D eigenvalue weighted by Crippen LogP contribution is -2.66. The molecule has 0 unspecified atom stereocenters. The van der Waals surface area contributed by atoms with Crippen molar-refractivity contribution in [1.29, 1.82) is 0 Å². The van der Waals surface area contributed by atoms with Crippen molar-refractivity contribution in [3.63, 3.8) is 0 Å². The lowest BCUT2D eigenvalue weighted by Gasteiger charge is -2.50. The molecule has 1 aromatic carbocycles. The Kier molecular flexibility index (Phi) is 5.69. The molecule has 0 radical (unpaired) electrons. The van der Waals surface area contributed by atoms with Crippen molar-refractivity contribution in [2.75, 3.05) is 0 Å². The summed E-state index contributed by atoms with van der Waals surface area (Å²) in [6.45, 7) is 3.62. The zero-order chi connectivity index (χ0) is 24.2. The zero-order valence-electron chi connectivity index (χ0n) is 18.2. The molecule has 2 aliphatic rings. The summed E-state index contributed by atoms with van der Waals surface area (Å²) >= 11 is 6.72. The van der Waals surface area contributed by atoms with Crippen molar-refractivity contribution >= 4 is 23.5 Å². The Labute approximate surface area is 194 Å². The van der Waals surface area contributed by atoms with Crippen LogP contribution in [-0.2, 0) is 16.8 Å². The molecule has 33 heavy (non-hydrogen) atoms. The molecule has 2 aromatic rings. The third-order valence-corrected chi connectivity index (χ3v) is 6.88. The van der Waals surface area contributed by atoms with Gasteiger partial charge < -0.3 is 10.8 Å².